The molecule has 4 rings (SSSR count). The maximum Gasteiger partial charge on any atom is 0.229 e. The van der Waals surface area contributed by atoms with Crippen LogP contribution in [-0.2, 0) is 23.1 Å². The van der Waals surface area contributed by atoms with Crippen LogP contribution in [-0.4, -0.2) is 39.5 Å². The van der Waals surface area contributed by atoms with Crippen molar-refractivity contribution in [3.05, 3.63) is 60.3 Å². The summed E-state index contributed by atoms with van der Waals surface area (Å²) < 4.78 is 2.01. The molecule has 1 saturated heterocycles. The van der Waals surface area contributed by atoms with Crippen molar-refractivity contribution in [3.63, 3.8) is 0 Å². The third-order valence-electron chi connectivity index (χ3n) is 5.38. The molecule has 1 aliphatic heterocycles. The van der Waals surface area contributed by atoms with Crippen molar-refractivity contribution in [2.45, 2.75) is 12.8 Å². The van der Waals surface area contributed by atoms with E-state index in [0.29, 0.717) is 19.5 Å². The van der Waals surface area contributed by atoms with E-state index in [-0.39, 0.29) is 29.9 Å². The Bertz CT molecular complexity index is 1020. The molecule has 144 valence electrons. The molecule has 28 heavy (non-hydrogen) atoms. The van der Waals surface area contributed by atoms with Gasteiger partial charge in [0.25, 0.3) is 0 Å². The summed E-state index contributed by atoms with van der Waals surface area (Å²) in [5, 5.41) is 13.3. The zero-order valence-electron chi connectivity index (χ0n) is 15.8. The number of amides is 2. The molecule has 1 aliphatic rings. The number of nitrogens with one attached hydrogen (secondary N) is 1. The fourth-order valence-corrected chi connectivity index (χ4v) is 3.74. The second-order valence-electron chi connectivity index (χ2n) is 7.31. The first-order valence-electron chi connectivity index (χ1n) is 9.42. The molecule has 6 heteroatoms. The van der Waals surface area contributed by atoms with Crippen molar-refractivity contribution >= 4 is 28.4 Å². The summed E-state index contributed by atoms with van der Waals surface area (Å²) in [6.07, 6.45) is 2.90. The highest BCUT2D eigenvalue weighted by atomic mass is 16.3. The zero-order chi connectivity index (χ0) is 19.7. The van der Waals surface area contributed by atoms with E-state index in [1.807, 2.05) is 54.2 Å². The number of hydrogen-bond acceptors (Lipinski definition) is 3. The summed E-state index contributed by atoms with van der Waals surface area (Å²) >= 11 is 0. The predicted molar refractivity (Wildman–Crippen MR) is 108 cm³/mol. The number of aromatic hydroxyl groups is 1. The monoisotopic (exact) mass is 377 g/mol. The SMILES string of the molecule is Cn1ccc2c(NC(=O)C3CC(=O)N(CCc4ccc(O)cc4)C3)cccc21. The topological polar surface area (TPSA) is 74.6 Å². The van der Waals surface area contributed by atoms with Gasteiger partial charge in [0, 0.05) is 43.7 Å². The third kappa shape index (κ3) is 3.58. The Morgan fingerprint density at radius 3 is 2.75 bits per heavy atom. The summed E-state index contributed by atoms with van der Waals surface area (Å²) in [6, 6.07) is 14.8. The van der Waals surface area contributed by atoms with Gasteiger partial charge < -0.3 is 19.9 Å². The van der Waals surface area contributed by atoms with Gasteiger partial charge >= 0.3 is 0 Å². The van der Waals surface area contributed by atoms with Crippen LogP contribution >= 0.6 is 0 Å². The second kappa shape index (κ2) is 7.38. The Balaban J connectivity index is 1.39. The van der Waals surface area contributed by atoms with E-state index in [1.165, 1.54) is 0 Å². The van der Waals surface area contributed by atoms with Crippen LogP contribution in [0.2, 0.25) is 0 Å². The maximum atomic E-state index is 12.7. The van der Waals surface area contributed by atoms with Crippen LogP contribution < -0.4 is 5.32 Å². The molecular weight excluding hydrogens is 354 g/mol. The van der Waals surface area contributed by atoms with Crippen LogP contribution in [0.5, 0.6) is 5.75 Å². The first kappa shape index (κ1) is 18.1. The molecule has 1 atom stereocenters. The minimum Gasteiger partial charge on any atom is -0.508 e. The number of anilines is 1. The highest BCUT2D eigenvalue weighted by Crippen LogP contribution is 2.26. The third-order valence-corrected chi connectivity index (χ3v) is 5.38. The summed E-state index contributed by atoms with van der Waals surface area (Å²) in [5.41, 5.74) is 2.88. The summed E-state index contributed by atoms with van der Waals surface area (Å²) in [6.45, 7) is 1.01. The van der Waals surface area contributed by atoms with Gasteiger partial charge in [-0.15, -0.1) is 0 Å². The molecule has 2 amide bonds. The maximum absolute atomic E-state index is 12.7. The molecule has 1 aromatic heterocycles. The molecule has 3 aromatic rings. The van der Waals surface area contributed by atoms with Gasteiger partial charge in [-0.1, -0.05) is 18.2 Å². The van der Waals surface area contributed by atoms with E-state index in [4.69, 9.17) is 0 Å². The van der Waals surface area contributed by atoms with Crippen LogP contribution in [0.25, 0.3) is 10.9 Å². The number of likely N-dealkylation sites (tertiary alicyclic amines) is 1. The number of phenols is 1. The second-order valence-corrected chi connectivity index (χ2v) is 7.31. The highest BCUT2D eigenvalue weighted by Gasteiger charge is 2.34. The fourth-order valence-electron chi connectivity index (χ4n) is 3.74. The zero-order valence-corrected chi connectivity index (χ0v) is 15.8. The van der Waals surface area contributed by atoms with Crippen LogP contribution in [0.15, 0.2) is 54.7 Å². The number of aryl methyl sites for hydroxylation is 1. The van der Waals surface area contributed by atoms with Crippen molar-refractivity contribution in [1.29, 1.82) is 0 Å². The summed E-state index contributed by atoms with van der Waals surface area (Å²) in [7, 11) is 1.97. The van der Waals surface area contributed by atoms with Crippen LogP contribution in [0.1, 0.15) is 12.0 Å². The van der Waals surface area contributed by atoms with E-state index in [9.17, 15) is 14.7 Å². The molecule has 0 saturated carbocycles. The number of nitrogens with zero attached hydrogens (tertiary/aromatic N) is 2. The Kier molecular flexibility index (Phi) is 4.77. The van der Waals surface area contributed by atoms with E-state index in [1.54, 1.807) is 17.0 Å². The van der Waals surface area contributed by atoms with Gasteiger partial charge in [-0.05, 0) is 42.3 Å². The summed E-state index contributed by atoms with van der Waals surface area (Å²) in [5.74, 6) is -0.217. The molecule has 6 nitrogen and oxygen atoms in total. The average Bonchev–Trinajstić information content (AvgIpc) is 3.25. The van der Waals surface area contributed by atoms with Gasteiger partial charge in [0.1, 0.15) is 5.75 Å². The normalized spacial score (nSPS) is 16.7. The smallest absolute Gasteiger partial charge is 0.229 e. The van der Waals surface area contributed by atoms with Gasteiger partial charge in [0.2, 0.25) is 11.8 Å². The van der Waals surface area contributed by atoms with Crippen LogP contribution in [0.4, 0.5) is 5.69 Å². The van der Waals surface area contributed by atoms with Crippen molar-refractivity contribution in [1.82, 2.24) is 9.47 Å². The number of rotatable bonds is 5. The lowest BCUT2D eigenvalue weighted by atomic mass is 10.1. The Hall–Kier alpha value is -3.28. The minimum absolute atomic E-state index is 0.0110. The Labute approximate surface area is 163 Å². The van der Waals surface area contributed by atoms with Crippen molar-refractivity contribution < 1.29 is 14.7 Å². The lowest BCUT2D eigenvalue weighted by Crippen LogP contribution is -2.30. The first-order chi connectivity index (χ1) is 13.5. The first-order valence-corrected chi connectivity index (χ1v) is 9.42. The fraction of sp³-hybridized carbons (Fsp3) is 0.273. The average molecular weight is 377 g/mol. The Morgan fingerprint density at radius 2 is 1.96 bits per heavy atom. The lowest BCUT2D eigenvalue weighted by Gasteiger charge is -2.17. The number of aromatic nitrogens is 1. The van der Waals surface area contributed by atoms with E-state index in [2.05, 4.69) is 5.32 Å². The van der Waals surface area contributed by atoms with Crippen LogP contribution in [0, 0.1) is 5.92 Å². The number of hydrogen-bond donors (Lipinski definition) is 2. The molecule has 1 fully saturated rings. The Morgan fingerprint density at radius 1 is 1.18 bits per heavy atom. The quantitative estimate of drug-likeness (QED) is 0.718. The molecule has 0 bridgehead atoms. The van der Waals surface area contributed by atoms with Crippen molar-refractivity contribution in [2.75, 3.05) is 18.4 Å². The summed E-state index contributed by atoms with van der Waals surface area (Å²) in [4.78, 5) is 26.8. The molecule has 2 aromatic carbocycles. The van der Waals surface area contributed by atoms with Gasteiger partial charge in [-0.25, -0.2) is 0 Å². The number of fused-ring (bicyclic) bond motifs is 1. The number of benzene rings is 2. The highest BCUT2D eigenvalue weighted by molar-refractivity contribution is 6.03. The van der Waals surface area contributed by atoms with Gasteiger partial charge in [0.15, 0.2) is 0 Å². The van der Waals surface area contributed by atoms with Gasteiger partial charge in [-0.2, -0.15) is 0 Å². The number of phenolic OH excluding ortho intramolecular Hbond substituents is 1. The molecule has 0 spiro atoms. The molecule has 0 radical (unpaired) electrons. The van der Waals surface area contributed by atoms with Gasteiger partial charge in [0.05, 0.1) is 11.6 Å². The van der Waals surface area contributed by atoms with E-state index in [0.717, 1.165) is 22.2 Å². The molecule has 2 heterocycles. The van der Waals surface area contributed by atoms with Crippen molar-refractivity contribution in [3.8, 4) is 5.75 Å². The predicted octanol–water partition coefficient (Wildman–Crippen LogP) is 2.91. The number of carbonyl (C=O) groups is 2. The minimum atomic E-state index is -0.341. The molecule has 0 aliphatic carbocycles. The molecular formula is C22H23N3O3. The molecule has 1 unspecified atom stereocenters. The van der Waals surface area contributed by atoms with E-state index >= 15 is 0 Å². The standard InChI is InChI=1S/C22H23N3O3/c1-24-11-10-18-19(3-2-4-20(18)24)23-22(28)16-13-21(27)25(14-16)12-9-15-5-7-17(26)8-6-15/h2-8,10-11,16,26H,9,12-14H2,1H3,(H,23,28). The van der Waals surface area contributed by atoms with Crippen LogP contribution in [0.3, 0.4) is 0 Å². The van der Waals surface area contributed by atoms with Crippen molar-refractivity contribution in [2.24, 2.45) is 13.0 Å². The number of carbonyl (C=O) groups excluding carboxylic acids is 2. The van der Waals surface area contributed by atoms with Gasteiger partial charge in [-0.3, -0.25) is 9.59 Å². The largest absolute Gasteiger partial charge is 0.508 e. The molecule has 2 N–H and O–H groups in total. The van der Waals surface area contributed by atoms with E-state index < -0.39 is 0 Å². The lowest BCUT2D eigenvalue weighted by molar-refractivity contribution is -0.128.